The van der Waals surface area contributed by atoms with Crippen LogP contribution in [0.4, 0.5) is 0 Å². The molecule has 8 nitrogen and oxygen atoms in total. The van der Waals surface area contributed by atoms with Crippen LogP contribution in [0.1, 0.15) is 40.8 Å². The summed E-state index contributed by atoms with van der Waals surface area (Å²) in [4.78, 5) is 21.0. The Hall–Kier alpha value is -2.29. The molecule has 0 fully saturated rings. The Morgan fingerprint density at radius 3 is 2.89 bits per heavy atom. The molecule has 1 aliphatic heterocycles. The van der Waals surface area contributed by atoms with Crippen LogP contribution in [0.15, 0.2) is 24.4 Å². The van der Waals surface area contributed by atoms with E-state index in [9.17, 15) is 9.90 Å². The Morgan fingerprint density at radius 1 is 1.32 bits per heavy atom. The van der Waals surface area contributed by atoms with Gasteiger partial charge in [-0.25, -0.2) is 0 Å². The number of likely N-dealkylation sites (N-methyl/N-ethyl adjacent to an activating group) is 1. The van der Waals surface area contributed by atoms with Crippen LogP contribution in [-0.2, 0) is 26.1 Å². The second kappa shape index (κ2) is 9.27. The SMILES string of the molecule is CCCc1cc(C(=O)N2CCn3nc(CN(C)C[C@H](O)CO)cc3C2)ccn1. The number of pyridine rings is 1. The maximum Gasteiger partial charge on any atom is 0.254 e. The maximum absolute atomic E-state index is 12.9. The number of aryl methyl sites for hydroxylation is 1. The average molecular weight is 387 g/mol. The number of carbonyl (C=O) groups excluding carboxylic acids is 1. The number of hydrogen-bond donors (Lipinski definition) is 2. The normalized spacial score (nSPS) is 15.0. The molecular formula is C20H29N5O3. The lowest BCUT2D eigenvalue weighted by atomic mass is 10.1. The lowest BCUT2D eigenvalue weighted by Crippen LogP contribution is -2.38. The first-order chi connectivity index (χ1) is 13.5. The summed E-state index contributed by atoms with van der Waals surface area (Å²) in [5, 5.41) is 23.1. The molecule has 2 aromatic rings. The highest BCUT2D eigenvalue weighted by Crippen LogP contribution is 2.17. The lowest BCUT2D eigenvalue weighted by molar-refractivity contribution is 0.0644. The predicted molar refractivity (Wildman–Crippen MR) is 105 cm³/mol. The number of hydrogen-bond acceptors (Lipinski definition) is 6. The van der Waals surface area contributed by atoms with Crippen molar-refractivity contribution in [2.45, 2.75) is 45.5 Å². The molecule has 3 rings (SSSR count). The minimum absolute atomic E-state index is 0.0249. The van der Waals surface area contributed by atoms with E-state index in [4.69, 9.17) is 5.11 Å². The van der Waals surface area contributed by atoms with Crippen LogP contribution in [-0.4, -0.2) is 73.5 Å². The topological polar surface area (TPSA) is 94.7 Å². The number of aliphatic hydroxyl groups excluding tert-OH is 2. The second-order valence-corrected chi connectivity index (χ2v) is 7.40. The second-order valence-electron chi connectivity index (χ2n) is 7.40. The van der Waals surface area contributed by atoms with Crippen molar-refractivity contribution in [1.82, 2.24) is 24.6 Å². The van der Waals surface area contributed by atoms with Gasteiger partial charge in [-0.3, -0.25) is 19.4 Å². The first-order valence-electron chi connectivity index (χ1n) is 9.77. The van der Waals surface area contributed by atoms with Gasteiger partial charge in [0.1, 0.15) is 0 Å². The molecule has 2 N–H and O–H groups in total. The number of amides is 1. The number of nitrogens with zero attached hydrogens (tertiary/aromatic N) is 5. The molecule has 3 heterocycles. The van der Waals surface area contributed by atoms with Crippen LogP contribution in [0.3, 0.4) is 0 Å². The third-order valence-corrected chi connectivity index (χ3v) is 4.87. The quantitative estimate of drug-likeness (QED) is 0.691. The molecule has 0 saturated carbocycles. The molecule has 0 aliphatic carbocycles. The van der Waals surface area contributed by atoms with E-state index in [1.807, 2.05) is 33.7 Å². The van der Waals surface area contributed by atoms with Gasteiger partial charge < -0.3 is 15.1 Å². The summed E-state index contributed by atoms with van der Waals surface area (Å²) in [7, 11) is 1.88. The molecule has 0 aromatic carbocycles. The number of carbonyl (C=O) groups is 1. The Balaban J connectivity index is 1.65. The van der Waals surface area contributed by atoms with Gasteiger partial charge in [-0.1, -0.05) is 13.3 Å². The third kappa shape index (κ3) is 4.95. The van der Waals surface area contributed by atoms with Crippen LogP contribution in [0, 0.1) is 0 Å². The molecule has 0 unspecified atom stereocenters. The van der Waals surface area contributed by atoms with E-state index in [2.05, 4.69) is 17.0 Å². The summed E-state index contributed by atoms with van der Waals surface area (Å²) in [6.07, 6.45) is 2.82. The van der Waals surface area contributed by atoms with Gasteiger partial charge in [0.2, 0.25) is 0 Å². The van der Waals surface area contributed by atoms with E-state index in [0.29, 0.717) is 38.3 Å². The van der Waals surface area contributed by atoms with Gasteiger partial charge in [0.25, 0.3) is 5.91 Å². The number of rotatable bonds is 8. The third-order valence-electron chi connectivity index (χ3n) is 4.87. The van der Waals surface area contributed by atoms with Gasteiger partial charge in [-0.2, -0.15) is 5.10 Å². The van der Waals surface area contributed by atoms with Crippen molar-refractivity contribution in [2.24, 2.45) is 0 Å². The van der Waals surface area contributed by atoms with Crippen molar-refractivity contribution in [3.05, 3.63) is 47.0 Å². The van der Waals surface area contributed by atoms with Gasteiger partial charge in [0.05, 0.1) is 37.2 Å². The maximum atomic E-state index is 12.9. The van der Waals surface area contributed by atoms with Crippen LogP contribution in [0.5, 0.6) is 0 Å². The molecule has 8 heteroatoms. The van der Waals surface area contributed by atoms with Crippen LogP contribution in [0.25, 0.3) is 0 Å². The minimum atomic E-state index is -0.756. The highest BCUT2D eigenvalue weighted by Gasteiger charge is 2.24. The summed E-state index contributed by atoms with van der Waals surface area (Å²) >= 11 is 0. The van der Waals surface area contributed by atoms with Crippen LogP contribution < -0.4 is 0 Å². The van der Waals surface area contributed by atoms with E-state index in [1.54, 1.807) is 12.3 Å². The molecule has 152 valence electrons. The van der Waals surface area contributed by atoms with E-state index in [-0.39, 0.29) is 12.5 Å². The largest absolute Gasteiger partial charge is 0.394 e. The molecule has 1 amide bonds. The lowest BCUT2D eigenvalue weighted by Gasteiger charge is -2.27. The van der Waals surface area contributed by atoms with Crippen molar-refractivity contribution in [3.63, 3.8) is 0 Å². The zero-order valence-electron chi connectivity index (χ0n) is 16.6. The highest BCUT2D eigenvalue weighted by atomic mass is 16.3. The first-order valence-corrected chi connectivity index (χ1v) is 9.77. The van der Waals surface area contributed by atoms with Crippen molar-refractivity contribution in [1.29, 1.82) is 0 Å². The van der Waals surface area contributed by atoms with Gasteiger partial charge in [-0.15, -0.1) is 0 Å². The predicted octanol–water partition coefficient (Wildman–Crippen LogP) is 0.672. The smallest absolute Gasteiger partial charge is 0.254 e. The Labute approximate surface area is 165 Å². The Bertz CT molecular complexity index is 807. The van der Waals surface area contributed by atoms with Gasteiger partial charge >= 0.3 is 0 Å². The van der Waals surface area contributed by atoms with Crippen molar-refractivity contribution < 1.29 is 15.0 Å². The molecule has 1 atom stereocenters. The molecule has 1 aliphatic rings. The first kappa shape index (κ1) is 20.4. The zero-order chi connectivity index (χ0) is 20.1. The molecule has 0 spiro atoms. The molecule has 0 bridgehead atoms. The Morgan fingerprint density at radius 2 is 2.14 bits per heavy atom. The van der Waals surface area contributed by atoms with E-state index < -0.39 is 6.10 Å². The summed E-state index contributed by atoms with van der Waals surface area (Å²) in [5.74, 6) is 0.0249. The fourth-order valence-electron chi connectivity index (χ4n) is 3.52. The van der Waals surface area contributed by atoms with E-state index >= 15 is 0 Å². The Kier molecular flexibility index (Phi) is 6.77. The number of aromatic nitrogens is 3. The monoisotopic (exact) mass is 387 g/mol. The average Bonchev–Trinajstić information content (AvgIpc) is 3.08. The van der Waals surface area contributed by atoms with E-state index in [0.717, 1.165) is 29.9 Å². The summed E-state index contributed by atoms with van der Waals surface area (Å²) in [6, 6.07) is 5.68. The zero-order valence-corrected chi connectivity index (χ0v) is 16.6. The number of aliphatic hydroxyl groups is 2. The van der Waals surface area contributed by atoms with E-state index in [1.165, 1.54) is 0 Å². The van der Waals surface area contributed by atoms with Crippen LogP contribution >= 0.6 is 0 Å². The van der Waals surface area contributed by atoms with Gasteiger partial charge in [0, 0.05) is 37.1 Å². The standard InChI is InChI=1S/C20H29N5O3/c1-3-4-16-9-15(5-6-21-16)20(28)24-7-8-25-18(12-24)10-17(22-25)11-23(2)13-19(27)14-26/h5-6,9-10,19,26-27H,3-4,7-8,11-14H2,1-2H3/t19-/m0/s1. The molecular weight excluding hydrogens is 358 g/mol. The molecule has 0 saturated heterocycles. The number of fused-ring (bicyclic) bond motifs is 1. The van der Waals surface area contributed by atoms with Gasteiger partial charge in [0.15, 0.2) is 0 Å². The van der Waals surface area contributed by atoms with Crippen molar-refractivity contribution in [2.75, 3.05) is 26.7 Å². The molecule has 0 radical (unpaired) electrons. The van der Waals surface area contributed by atoms with Gasteiger partial charge in [-0.05, 0) is 31.7 Å². The molecule has 2 aromatic heterocycles. The fraction of sp³-hybridized carbons (Fsp3) is 0.550. The summed E-state index contributed by atoms with van der Waals surface area (Å²) < 4.78 is 1.95. The van der Waals surface area contributed by atoms with Crippen LogP contribution in [0.2, 0.25) is 0 Å². The van der Waals surface area contributed by atoms with Crippen molar-refractivity contribution in [3.8, 4) is 0 Å². The fourth-order valence-corrected chi connectivity index (χ4v) is 3.52. The summed E-state index contributed by atoms with van der Waals surface area (Å²) in [6.45, 7) is 4.62. The highest BCUT2D eigenvalue weighted by molar-refractivity contribution is 5.94. The van der Waals surface area contributed by atoms with Crippen molar-refractivity contribution >= 4 is 5.91 Å². The molecule has 28 heavy (non-hydrogen) atoms. The minimum Gasteiger partial charge on any atom is -0.394 e. The summed E-state index contributed by atoms with van der Waals surface area (Å²) in [5.41, 5.74) is 3.54.